The van der Waals surface area contributed by atoms with Crippen LogP contribution in [-0.4, -0.2) is 29.4 Å². The zero-order valence-electron chi connectivity index (χ0n) is 13.8. The number of nitrogens with one attached hydrogen (secondary N) is 1. The lowest BCUT2D eigenvalue weighted by Crippen LogP contribution is -2.25. The Kier molecular flexibility index (Phi) is 5.23. The molecule has 1 aromatic carbocycles. The highest BCUT2D eigenvalue weighted by molar-refractivity contribution is 7.15. The Balaban J connectivity index is 0.00000169. The molecule has 0 spiro atoms. The maximum Gasteiger partial charge on any atom is 0.257 e. The van der Waals surface area contributed by atoms with E-state index in [2.05, 4.69) is 34.4 Å². The summed E-state index contributed by atoms with van der Waals surface area (Å²) >= 11 is 1.61. The fraction of sp³-hybridized carbons (Fsp3) is 0.444. The number of fused-ring (bicyclic) bond motifs is 2. The standard InChI is InChI=1S/C18H21N3OS.ClH/c1-21-9-8-15-16(11-21)23-18(19-15)20-17(22)14-7-6-12-4-2-3-5-13(12)10-14;/h6-7,10H,2-5,8-9,11H2,1H3,(H,19,20,22);1H. The number of anilines is 1. The van der Waals surface area contributed by atoms with Gasteiger partial charge in [-0.15, -0.1) is 23.7 Å². The van der Waals surface area contributed by atoms with Crippen LogP contribution in [0.3, 0.4) is 0 Å². The van der Waals surface area contributed by atoms with Crippen molar-refractivity contribution in [1.29, 1.82) is 0 Å². The molecular formula is C18H22ClN3OS. The summed E-state index contributed by atoms with van der Waals surface area (Å²) in [4.78, 5) is 20.7. The fourth-order valence-corrected chi connectivity index (χ4v) is 4.50. The summed E-state index contributed by atoms with van der Waals surface area (Å²) in [6.07, 6.45) is 5.69. The molecule has 0 saturated heterocycles. The largest absolute Gasteiger partial charge is 0.301 e. The molecule has 24 heavy (non-hydrogen) atoms. The van der Waals surface area contributed by atoms with E-state index in [9.17, 15) is 4.79 Å². The minimum absolute atomic E-state index is 0. The van der Waals surface area contributed by atoms with Crippen LogP contribution in [0.1, 0.15) is 44.9 Å². The number of halogens is 1. The molecule has 1 aliphatic carbocycles. The summed E-state index contributed by atoms with van der Waals surface area (Å²) in [6.45, 7) is 1.97. The maximum absolute atomic E-state index is 12.5. The summed E-state index contributed by atoms with van der Waals surface area (Å²) < 4.78 is 0. The molecular weight excluding hydrogens is 342 g/mol. The predicted molar refractivity (Wildman–Crippen MR) is 100 cm³/mol. The Bertz CT molecular complexity index is 759. The lowest BCUT2D eigenvalue weighted by molar-refractivity contribution is 0.102. The first-order chi connectivity index (χ1) is 11.2. The van der Waals surface area contributed by atoms with Crippen LogP contribution < -0.4 is 5.32 Å². The van der Waals surface area contributed by atoms with E-state index in [0.717, 1.165) is 48.7 Å². The first-order valence-electron chi connectivity index (χ1n) is 8.29. The molecule has 1 aliphatic heterocycles. The topological polar surface area (TPSA) is 45.2 Å². The minimum Gasteiger partial charge on any atom is -0.301 e. The normalized spacial score (nSPS) is 16.7. The van der Waals surface area contributed by atoms with Gasteiger partial charge in [0, 0.05) is 30.0 Å². The van der Waals surface area contributed by atoms with Crippen molar-refractivity contribution in [2.75, 3.05) is 18.9 Å². The van der Waals surface area contributed by atoms with Crippen LogP contribution in [0.15, 0.2) is 18.2 Å². The van der Waals surface area contributed by atoms with Gasteiger partial charge in [0.2, 0.25) is 0 Å². The summed E-state index contributed by atoms with van der Waals surface area (Å²) in [5, 5.41) is 3.72. The Morgan fingerprint density at radius 2 is 2.00 bits per heavy atom. The quantitative estimate of drug-likeness (QED) is 0.885. The minimum atomic E-state index is -0.0437. The molecule has 4 rings (SSSR count). The predicted octanol–water partition coefficient (Wildman–Crippen LogP) is 3.68. The van der Waals surface area contributed by atoms with E-state index < -0.39 is 0 Å². The van der Waals surface area contributed by atoms with Gasteiger partial charge in [0.1, 0.15) is 0 Å². The molecule has 128 valence electrons. The number of hydrogen-bond acceptors (Lipinski definition) is 4. The number of carbonyl (C=O) groups excluding carboxylic acids is 1. The third kappa shape index (κ3) is 3.48. The van der Waals surface area contributed by atoms with Crippen molar-refractivity contribution >= 4 is 34.8 Å². The van der Waals surface area contributed by atoms with Crippen LogP contribution in [-0.2, 0) is 25.8 Å². The number of thiazole rings is 1. The number of aromatic nitrogens is 1. The third-order valence-electron chi connectivity index (χ3n) is 4.75. The van der Waals surface area contributed by atoms with Crippen molar-refractivity contribution in [2.45, 2.75) is 38.6 Å². The average Bonchev–Trinajstić information content (AvgIpc) is 2.95. The first kappa shape index (κ1) is 17.4. The van der Waals surface area contributed by atoms with E-state index in [1.807, 2.05) is 6.07 Å². The van der Waals surface area contributed by atoms with E-state index in [4.69, 9.17) is 0 Å². The molecule has 0 radical (unpaired) electrons. The van der Waals surface area contributed by atoms with Crippen LogP contribution in [0.5, 0.6) is 0 Å². The van der Waals surface area contributed by atoms with Crippen molar-refractivity contribution in [3.05, 3.63) is 45.5 Å². The Hall–Kier alpha value is -1.43. The number of nitrogens with zero attached hydrogens (tertiary/aromatic N) is 2. The number of aryl methyl sites for hydroxylation is 2. The van der Waals surface area contributed by atoms with Crippen molar-refractivity contribution < 1.29 is 4.79 Å². The van der Waals surface area contributed by atoms with Crippen LogP contribution in [0.4, 0.5) is 5.13 Å². The van der Waals surface area contributed by atoms with Crippen molar-refractivity contribution in [2.24, 2.45) is 0 Å². The third-order valence-corrected chi connectivity index (χ3v) is 5.75. The molecule has 0 saturated carbocycles. The molecule has 0 atom stereocenters. The van der Waals surface area contributed by atoms with Gasteiger partial charge >= 0.3 is 0 Å². The molecule has 0 unspecified atom stereocenters. The molecule has 1 amide bonds. The zero-order chi connectivity index (χ0) is 15.8. The van der Waals surface area contributed by atoms with Crippen LogP contribution in [0, 0.1) is 0 Å². The van der Waals surface area contributed by atoms with E-state index in [0.29, 0.717) is 0 Å². The van der Waals surface area contributed by atoms with Gasteiger partial charge in [-0.3, -0.25) is 10.1 Å². The van der Waals surface area contributed by atoms with Crippen molar-refractivity contribution in [3.63, 3.8) is 0 Å². The highest BCUT2D eigenvalue weighted by Crippen LogP contribution is 2.28. The molecule has 6 heteroatoms. The smallest absolute Gasteiger partial charge is 0.257 e. The van der Waals surface area contributed by atoms with Crippen LogP contribution >= 0.6 is 23.7 Å². The van der Waals surface area contributed by atoms with Gasteiger partial charge in [0.25, 0.3) is 5.91 Å². The van der Waals surface area contributed by atoms with Crippen LogP contribution in [0.25, 0.3) is 0 Å². The first-order valence-corrected chi connectivity index (χ1v) is 9.11. The second-order valence-corrected chi connectivity index (χ2v) is 7.61. The summed E-state index contributed by atoms with van der Waals surface area (Å²) in [5.41, 5.74) is 4.63. The van der Waals surface area contributed by atoms with E-state index in [1.165, 1.54) is 28.8 Å². The molecule has 2 heterocycles. The van der Waals surface area contributed by atoms with Gasteiger partial charge in [-0.1, -0.05) is 6.07 Å². The highest BCUT2D eigenvalue weighted by atomic mass is 35.5. The second-order valence-electron chi connectivity index (χ2n) is 6.52. The zero-order valence-corrected chi connectivity index (χ0v) is 15.4. The van der Waals surface area contributed by atoms with Gasteiger partial charge in [-0.05, 0) is 56.0 Å². The SMILES string of the molecule is CN1CCc2nc(NC(=O)c3ccc4c(c3)CCCC4)sc2C1.Cl. The number of likely N-dealkylation sites (N-methyl/N-ethyl adjacent to an activating group) is 1. The Morgan fingerprint density at radius 3 is 2.83 bits per heavy atom. The maximum atomic E-state index is 12.5. The molecule has 1 N–H and O–H groups in total. The number of benzene rings is 1. The van der Waals surface area contributed by atoms with E-state index in [-0.39, 0.29) is 18.3 Å². The summed E-state index contributed by atoms with van der Waals surface area (Å²) in [5.74, 6) is -0.0437. The van der Waals surface area contributed by atoms with Gasteiger partial charge in [0.05, 0.1) is 5.69 Å². The van der Waals surface area contributed by atoms with Gasteiger partial charge in [-0.25, -0.2) is 4.98 Å². The average molecular weight is 364 g/mol. The molecule has 4 nitrogen and oxygen atoms in total. The van der Waals surface area contributed by atoms with Crippen LogP contribution in [0.2, 0.25) is 0 Å². The number of carbonyl (C=O) groups is 1. The number of hydrogen-bond donors (Lipinski definition) is 1. The van der Waals surface area contributed by atoms with E-state index >= 15 is 0 Å². The molecule has 1 aromatic heterocycles. The monoisotopic (exact) mass is 363 g/mol. The molecule has 0 fully saturated rings. The van der Waals surface area contributed by atoms with E-state index in [1.54, 1.807) is 11.3 Å². The Morgan fingerprint density at radius 1 is 1.21 bits per heavy atom. The molecule has 0 bridgehead atoms. The van der Waals surface area contributed by atoms with Gasteiger partial charge < -0.3 is 4.90 Å². The second kappa shape index (κ2) is 7.21. The number of rotatable bonds is 2. The lowest BCUT2D eigenvalue weighted by Gasteiger charge is -2.20. The van der Waals surface area contributed by atoms with Crippen molar-refractivity contribution in [1.82, 2.24) is 9.88 Å². The number of amides is 1. The van der Waals surface area contributed by atoms with Gasteiger partial charge in [0.15, 0.2) is 5.13 Å². The molecule has 2 aliphatic rings. The summed E-state index contributed by atoms with van der Waals surface area (Å²) in [6, 6.07) is 6.12. The highest BCUT2D eigenvalue weighted by Gasteiger charge is 2.20. The fourth-order valence-electron chi connectivity index (χ4n) is 3.42. The Labute approximate surface area is 152 Å². The van der Waals surface area contributed by atoms with Gasteiger partial charge in [-0.2, -0.15) is 0 Å². The summed E-state index contributed by atoms with van der Waals surface area (Å²) in [7, 11) is 2.12. The van der Waals surface area contributed by atoms with Crippen molar-refractivity contribution in [3.8, 4) is 0 Å². The lowest BCUT2D eigenvalue weighted by atomic mass is 9.90. The molecule has 2 aromatic rings.